The largest absolute Gasteiger partial charge is 0.435 e. The number of rotatable bonds is 6. The summed E-state index contributed by atoms with van der Waals surface area (Å²) < 4.78 is 92.3. The van der Waals surface area contributed by atoms with E-state index in [1.807, 2.05) is 0 Å². The van der Waals surface area contributed by atoms with E-state index in [4.69, 9.17) is 4.74 Å². The summed E-state index contributed by atoms with van der Waals surface area (Å²) in [6.45, 7) is 4.39. The molecule has 2 N–H and O–H groups in total. The van der Waals surface area contributed by atoms with Crippen LogP contribution in [0.4, 0.5) is 37.8 Å². The Morgan fingerprint density at radius 3 is 2.36 bits per heavy atom. The SMILES string of the molecule is Cc1nnc(N[C@H](C)c2cccc(C(F)(F)C(C)O)c2F)c2cc(N3CC4CCC(C3)O4)c(C(F)(F)F)nc12. The van der Waals surface area contributed by atoms with Crippen LogP contribution in [0.2, 0.25) is 0 Å². The summed E-state index contributed by atoms with van der Waals surface area (Å²) in [5.74, 6) is -5.02. The lowest BCUT2D eigenvalue weighted by molar-refractivity contribution is -0.140. The molecule has 210 valence electrons. The average molecular weight is 556 g/mol. The van der Waals surface area contributed by atoms with E-state index >= 15 is 4.39 Å². The predicted octanol–water partition coefficient (Wildman–Crippen LogP) is 5.50. The maximum atomic E-state index is 15.2. The fraction of sp³-hybridized carbons (Fsp3) is 0.500. The van der Waals surface area contributed by atoms with Crippen LogP contribution in [0.15, 0.2) is 24.3 Å². The van der Waals surface area contributed by atoms with Gasteiger partial charge in [-0.25, -0.2) is 9.37 Å². The number of aryl methyl sites for hydroxylation is 1. The Hall–Kier alpha value is -3.19. The Morgan fingerprint density at radius 2 is 1.74 bits per heavy atom. The zero-order chi connectivity index (χ0) is 28.3. The Balaban J connectivity index is 1.57. The van der Waals surface area contributed by atoms with Gasteiger partial charge >= 0.3 is 12.1 Å². The van der Waals surface area contributed by atoms with E-state index in [0.29, 0.717) is 0 Å². The second kappa shape index (κ2) is 9.77. The number of fused-ring (bicyclic) bond motifs is 3. The van der Waals surface area contributed by atoms with Gasteiger partial charge in [-0.15, -0.1) is 5.10 Å². The quantitative estimate of drug-likeness (QED) is 0.389. The van der Waals surface area contributed by atoms with E-state index in [-0.39, 0.29) is 59.0 Å². The van der Waals surface area contributed by atoms with Crippen molar-refractivity contribution in [3.05, 3.63) is 52.6 Å². The van der Waals surface area contributed by atoms with Crippen LogP contribution in [-0.2, 0) is 16.8 Å². The summed E-state index contributed by atoms with van der Waals surface area (Å²) in [7, 11) is 0. The topological polar surface area (TPSA) is 83.4 Å². The van der Waals surface area contributed by atoms with E-state index < -0.39 is 41.3 Å². The van der Waals surface area contributed by atoms with Crippen LogP contribution in [0.3, 0.4) is 0 Å². The van der Waals surface area contributed by atoms with Crippen molar-refractivity contribution in [2.24, 2.45) is 0 Å². The number of nitrogens with one attached hydrogen (secondary N) is 1. The predicted molar refractivity (Wildman–Crippen MR) is 131 cm³/mol. The molecule has 0 saturated carbocycles. The summed E-state index contributed by atoms with van der Waals surface area (Å²) in [5.41, 5.74) is -2.17. The molecule has 0 aliphatic carbocycles. The van der Waals surface area contributed by atoms with Crippen molar-refractivity contribution in [3.8, 4) is 0 Å². The number of halogens is 6. The summed E-state index contributed by atoms with van der Waals surface area (Å²) in [5, 5.41) is 20.6. The van der Waals surface area contributed by atoms with Crippen LogP contribution in [0.1, 0.15) is 55.2 Å². The first kappa shape index (κ1) is 27.4. The Kier molecular flexibility index (Phi) is 6.86. The van der Waals surface area contributed by atoms with Gasteiger partial charge in [0.05, 0.1) is 40.7 Å². The molecule has 2 aliphatic heterocycles. The van der Waals surface area contributed by atoms with Crippen LogP contribution >= 0.6 is 0 Å². The maximum absolute atomic E-state index is 15.2. The average Bonchev–Trinajstić information content (AvgIpc) is 3.21. The third-order valence-corrected chi connectivity index (χ3v) is 7.29. The van der Waals surface area contributed by atoms with Crippen LogP contribution in [0.5, 0.6) is 0 Å². The molecule has 0 amide bonds. The molecule has 4 heterocycles. The maximum Gasteiger partial charge on any atom is 0.435 e. The number of anilines is 2. The lowest BCUT2D eigenvalue weighted by Crippen LogP contribution is -2.43. The second-order valence-electron chi connectivity index (χ2n) is 10.1. The van der Waals surface area contributed by atoms with Crippen molar-refractivity contribution in [2.75, 3.05) is 23.3 Å². The number of hydrogen-bond acceptors (Lipinski definition) is 7. The number of alkyl halides is 5. The minimum absolute atomic E-state index is 0.0221. The minimum Gasteiger partial charge on any atom is -0.387 e. The molecule has 13 heteroatoms. The van der Waals surface area contributed by atoms with Gasteiger partial charge in [0.15, 0.2) is 11.5 Å². The number of aliphatic hydroxyl groups excluding tert-OH is 1. The highest BCUT2D eigenvalue weighted by Gasteiger charge is 2.42. The van der Waals surface area contributed by atoms with Crippen LogP contribution in [0, 0.1) is 12.7 Å². The molecule has 39 heavy (non-hydrogen) atoms. The molecule has 3 unspecified atom stereocenters. The second-order valence-corrected chi connectivity index (χ2v) is 10.1. The molecule has 3 aromatic rings. The summed E-state index contributed by atoms with van der Waals surface area (Å²) in [4.78, 5) is 5.58. The summed E-state index contributed by atoms with van der Waals surface area (Å²) in [6, 6.07) is 3.83. The Morgan fingerprint density at radius 1 is 1.08 bits per heavy atom. The highest BCUT2D eigenvalue weighted by molar-refractivity contribution is 5.93. The number of aliphatic hydroxyl groups is 1. The van der Waals surface area contributed by atoms with Gasteiger partial charge in [-0.1, -0.05) is 12.1 Å². The smallest absolute Gasteiger partial charge is 0.387 e. The first-order valence-corrected chi connectivity index (χ1v) is 12.5. The van der Waals surface area contributed by atoms with Gasteiger partial charge in [0.25, 0.3) is 0 Å². The molecule has 2 saturated heterocycles. The molecule has 1 aromatic carbocycles. The van der Waals surface area contributed by atoms with Gasteiger partial charge < -0.3 is 20.1 Å². The van der Waals surface area contributed by atoms with E-state index in [0.717, 1.165) is 25.8 Å². The van der Waals surface area contributed by atoms with Gasteiger partial charge in [-0.3, -0.25) is 0 Å². The summed E-state index contributed by atoms with van der Waals surface area (Å²) in [6.07, 6.45) is -5.69. The van der Waals surface area contributed by atoms with E-state index in [2.05, 4.69) is 20.5 Å². The van der Waals surface area contributed by atoms with Crippen LogP contribution in [-0.4, -0.2) is 51.7 Å². The Bertz CT molecular complexity index is 1390. The third kappa shape index (κ3) is 4.97. The zero-order valence-electron chi connectivity index (χ0n) is 21.4. The standard InChI is InChI=1S/C26H27F6N5O2/c1-12(17-5-4-6-19(21(17)27)25(28,29)14(3)38)33-24-18-9-20(37-10-15-7-8-16(11-37)39-15)23(26(30,31)32)34-22(18)13(2)35-36-24/h4-6,9,12,14-16,38H,7-8,10-11H2,1-3H3,(H,33,36)/t12-,14?,15?,16?/m1/s1. The molecular weight excluding hydrogens is 528 g/mol. The van der Waals surface area contributed by atoms with E-state index in [1.165, 1.54) is 32.0 Å². The number of aromatic nitrogens is 3. The normalized spacial score (nSPS) is 21.3. The number of ether oxygens (including phenoxy) is 1. The van der Waals surface area contributed by atoms with E-state index in [1.54, 1.807) is 4.90 Å². The molecule has 2 bridgehead atoms. The lowest BCUT2D eigenvalue weighted by atomic mass is 9.97. The third-order valence-electron chi connectivity index (χ3n) is 7.29. The van der Waals surface area contributed by atoms with Gasteiger partial charge in [0.2, 0.25) is 0 Å². The monoisotopic (exact) mass is 555 g/mol. The summed E-state index contributed by atoms with van der Waals surface area (Å²) >= 11 is 0. The first-order valence-electron chi connectivity index (χ1n) is 12.5. The van der Waals surface area contributed by atoms with E-state index in [9.17, 15) is 27.1 Å². The van der Waals surface area contributed by atoms with Crippen molar-refractivity contribution in [3.63, 3.8) is 0 Å². The van der Waals surface area contributed by atoms with Crippen molar-refractivity contribution in [2.45, 2.75) is 70.1 Å². The molecule has 2 fully saturated rings. The van der Waals surface area contributed by atoms with Gasteiger partial charge in [0, 0.05) is 24.0 Å². The first-order chi connectivity index (χ1) is 18.3. The number of benzene rings is 1. The van der Waals surface area contributed by atoms with Gasteiger partial charge in [-0.2, -0.15) is 27.1 Å². The van der Waals surface area contributed by atoms with Gasteiger partial charge in [-0.05, 0) is 45.7 Å². The van der Waals surface area contributed by atoms with Crippen LogP contribution in [0.25, 0.3) is 10.9 Å². The number of pyridine rings is 1. The number of morpholine rings is 1. The number of hydrogen-bond donors (Lipinski definition) is 2. The molecule has 2 aliphatic rings. The number of nitrogens with zero attached hydrogens (tertiary/aromatic N) is 4. The molecule has 5 rings (SSSR count). The van der Waals surface area contributed by atoms with Gasteiger partial charge in [0.1, 0.15) is 11.9 Å². The molecule has 4 atom stereocenters. The van der Waals surface area contributed by atoms with Crippen molar-refractivity contribution < 1.29 is 36.2 Å². The lowest BCUT2D eigenvalue weighted by Gasteiger charge is -2.35. The highest BCUT2D eigenvalue weighted by Crippen LogP contribution is 2.42. The minimum atomic E-state index is -4.74. The molecule has 0 radical (unpaired) electrons. The highest BCUT2D eigenvalue weighted by atomic mass is 19.4. The molecular formula is C26H27F6N5O2. The van der Waals surface area contributed by atoms with Crippen LogP contribution < -0.4 is 10.2 Å². The molecule has 7 nitrogen and oxygen atoms in total. The molecule has 2 aromatic heterocycles. The Labute approximate surface area is 220 Å². The van der Waals surface area contributed by atoms with Crippen molar-refractivity contribution in [1.29, 1.82) is 0 Å². The van der Waals surface area contributed by atoms with Crippen molar-refractivity contribution >= 4 is 22.4 Å². The van der Waals surface area contributed by atoms with Crippen molar-refractivity contribution in [1.82, 2.24) is 15.2 Å². The zero-order valence-corrected chi connectivity index (χ0v) is 21.4. The fourth-order valence-corrected chi connectivity index (χ4v) is 5.20. The fourth-order valence-electron chi connectivity index (χ4n) is 5.20. The molecule has 0 spiro atoms.